The fraction of sp³-hybridized carbons (Fsp3) is 0.400. The lowest BCUT2D eigenvalue weighted by molar-refractivity contribution is -0.385. The van der Waals surface area contributed by atoms with Crippen LogP contribution in [0.15, 0.2) is 18.2 Å². The quantitative estimate of drug-likeness (QED) is 0.548. The van der Waals surface area contributed by atoms with Crippen LogP contribution < -0.4 is 11.5 Å². The van der Waals surface area contributed by atoms with Crippen molar-refractivity contribution in [1.82, 2.24) is 0 Å². The van der Waals surface area contributed by atoms with E-state index in [1.54, 1.807) is 0 Å². The number of phenolic OH excluding ortho intramolecular Hbond substituents is 1. The zero-order valence-corrected chi connectivity index (χ0v) is 10.0. The molecule has 0 unspecified atom stereocenters. The highest BCUT2D eigenvalue weighted by molar-refractivity contribution is 5.85. The number of benzene rings is 1. The van der Waals surface area contributed by atoms with Crippen molar-refractivity contribution < 1.29 is 10.0 Å². The maximum Gasteiger partial charge on any atom is 0.274 e. The maximum absolute atomic E-state index is 10.8. The molecule has 1 rings (SSSR count). The van der Waals surface area contributed by atoms with E-state index in [1.807, 2.05) is 0 Å². The van der Waals surface area contributed by atoms with Crippen LogP contribution in [0.5, 0.6) is 5.75 Å². The molecule has 0 aromatic heterocycles. The van der Waals surface area contributed by atoms with E-state index in [0.29, 0.717) is 24.9 Å². The molecule has 0 fully saturated rings. The summed E-state index contributed by atoms with van der Waals surface area (Å²) in [6.07, 6.45) is 1.24. The third-order valence-electron chi connectivity index (χ3n) is 2.33. The van der Waals surface area contributed by atoms with Gasteiger partial charge in [-0.15, -0.1) is 12.4 Å². The minimum atomic E-state index is -0.503. The number of nitrogens with zero attached hydrogens (tertiary/aromatic N) is 1. The standard InChI is InChI=1S/C10H15N3O3.ClH/c11-5-1-2-9(12)8-6-7(14)3-4-10(8)13(15)16;/h3-4,6,9,14H,1-2,5,11-12H2;1H/t9-;/m0./s1. The number of nitro benzene ring substituents is 1. The van der Waals surface area contributed by atoms with Gasteiger partial charge in [-0.3, -0.25) is 10.1 Å². The molecule has 0 amide bonds. The molecule has 0 spiro atoms. The molecule has 17 heavy (non-hydrogen) atoms. The van der Waals surface area contributed by atoms with Crippen molar-refractivity contribution in [2.24, 2.45) is 11.5 Å². The van der Waals surface area contributed by atoms with Gasteiger partial charge in [-0.2, -0.15) is 0 Å². The van der Waals surface area contributed by atoms with E-state index in [4.69, 9.17) is 11.5 Å². The first-order chi connectivity index (χ1) is 7.56. The van der Waals surface area contributed by atoms with Crippen molar-refractivity contribution in [1.29, 1.82) is 0 Å². The lowest BCUT2D eigenvalue weighted by Crippen LogP contribution is -2.14. The van der Waals surface area contributed by atoms with Gasteiger partial charge < -0.3 is 16.6 Å². The second-order valence-electron chi connectivity index (χ2n) is 3.54. The first-order valence-electron chi connectivity index (χ1n) is 4.99. The largest absolute Gasteiger partial charge is 0.508 e. The lowest BCUT2D eigenvalue weighted by atomic mass is 10.0. The summed E-state index contributed by atoms with van der Waals surface area (Å²) in [5.41, 5.74) is 11.4. The number of nitro groups is 1. The molecule has 0 heterocycles. The summed E-state index contributed by atoms with van der Waals surface area (Å²) in [4.78, 5) is 10.3. The Morgan fingerprint density at radius 3 is 2.65 bits per heavy atom. The van der Waals surface area contributed by atoms with Gasteiger partial charge in [-0.25, -0.2) is 0 Å². The Morgan fingerprint density at radius 1 is 1.47 bits per heavy atom. The lowest BCUT2D eigenvalue weighted by Gasteiger charge is -2.11. The van der Waals surface area contributed by atoms with Gasteiger partial charge in [0.25, 0.3) is 5.69 Å². The summed E-state index contributed by atoms with van der Waals surface area (Å²) in [5.74, 6) is -0.0243. The summed E-state index contributed by atoms with van der Waals surface area (Å²) in [5, 5.41) is 20.0. The Balaban J connectivity index is 0.00000256. The van der Waals surface area contributed by atoms with Gasteiger partial charge in [0.2, 0.25) is 0 Å². The Morgan fingerprint density at radius 2 is 2.12 bits per heavy atom. The fourth-order valence-corrected chi connectivity index (χ4v) is 1.50. The topological polar surface area (TPSA) is 115 Å². The molecule has 5 N–H and O–H groups in total. The van der Waals surface area contributed by atoms with Gasteiger partial charge in [-0.1, -0.05) is 0 Å². The van der Waals surface area contributed by atoms with Gasteiger partial charge >= 0.3 is 0 Å². The molecule has 96 valence electrons. The van der Waals surface area contributed by atoms with E-state index in [1.165, 1.54) is 18.2 Å². The summed E-state index contributed by atoms with van der Waals surface area (Å²) in [6, 6.07) is 3.39. The molecule has 0 aliphatic carbocycles. The first-order valence-corrected chi connectivity index (χ1v) is 4.99. The van der Waals surface area contributed by atoms with Crippen LogP contribution in [-0.2, 0) is 0 Å². The fourth-order valence-electron chi connectivity index (χ4n) is 1.50. The van der Waals surface area contributed by atoms with E-state index in [-0.39, 0.29) is 23.8 Å². The summed E-state index contributed by atoms with van der Waals surface area (Å²) in [6.45, 7) is 0.486. The molecule has 1 aromatic rings. The highest BCUT2D eigenvalue weighted by Crippen LogP contribution is 2.29. The number of aromatic hydroxyl groups is 1. The van der Waals surface area contributed by atoms with Crippen molar-refractivity contribution in [3.63, 3.8) is 0 Å². The molecule has 0 saturated heterocycles. The molecular weight excluding hydrogens is 246 g/mol. The van der Waals surface area contributed by atoms with E-state index in [2.05, 4.69) is 0 Å². The molecule has 0 saturated carbocycles. The minimum Gasteiger partial charge on any atom is -0.508 e. The number of nitrogens with two attached hydrogens (primary N) is 2. The molecule has 0 radical (unpaired) electrons. The normalized spacial score (nSPS) is 11.6. The zero-order chi connectivity index (χ0) is 12.1. The second-order valence-corrected chi connectivity index (χ2v) is 3.54. The van der Waals surface area contributed by atoms with Gasteiger partial charge in [0.1, 0.15) is 5.75 Å². The first kappa shape index (κ1) is 15.6. The Bertz CT molecular complexity index is 387. The Hall–Kier alpha value is -1.37. The molecular formula is C10H16ClN3O3. The number of rotatable bonds is 5. The average molecular weight is 262 g/mol. The highest BCUT2D eigenvalue weighted by Gasteiger charge is 2.19. The minimum absolute atomic E-state index is 0. The van der Waals surface area contributed by atoms with Crippen LogP contribution in [0.2, 0.25) is 0 Å². The van der Waals surface area contributed by atoms with Gasteiger partial charge in [0.15, 0.2) is 0 Å². The van der Waals surface area contributed by atoms with Crippen LogP contribution in [0.3, 0.4) is 0 Å². The molecule has 0 bridgehead atoms. The summed E-state index contributed by atoms with van der Waals surface area (Å²) in [7, 11) is 0. The monoisotopic (exact) mass is 261 g/mol. The molecule has 0 aliphatic rings. The Kier molecular flexibility index (Phi) is 6.48. The van der Waals surface area contributed by atoms with E-state index >= 15 is 0 Å². The molecule has 1 atom stereocenters. The van der Waals surface area contributed by atoms with Crippen molar-refractivity contribution in [3.05, 3.63) is 33.9 Å². The van der Waals surface area contributed by atoms with Crippen LogP contribution in [0.1, 0.15) is 24.4 Å². The third-order valence-corrected chi connectivity index (χ3v) is 2.33. The van der Waals surface area contributed by atoms with Gasteiger partial charge in [0.05, 0.1) is 10.5 Å². The average Bonchev–Trinajstić information content (AvgIpc) is 2.25. The second kappa shape index (κ2) is 7.05. The molecule has 7 heteroatoms. The number of hydrogen-bond acceptors (Lipinski definition) is 5. The van der Waals surface area contributed by atoms with E-state index in [0.717, 1.165) is 0 Å². The Labute approximate surface area is 105 Å². The predicted molar refractivity (Wildman–Crippen MR) is 67.2 cm³/mol. The van der Waals surface area contributed by atoms with Crippen LogP contribution in [0.4, 0.5) is 5.69 Å². The smallest absolute Gasteiger partial charge is 0.274 e. The van der Waals surface area contributed by atoms with E-state index in [9.17, 15) is 15.2 Å². The highest BCUT2D eigenvalue weighted by atomic mass is 35.5. The van der Waals surface area contributed by atoms with Crippen molar-refractivity contribution in [2.45, 2.75) is 18.9 Å². The zero-order valence-electron chi connectivity index (χ0n) is 9.20. The summed E-state index contributed by atoms with van der Waals surface area (Å²) >= 11 is 0. The number of phenols is 1. The van der Waals surface area contributed by atoms with Crippen molar-refractivity contribution in [2.75, 3.05) is 6.54 Å². The maximum atomic E-state index is 10.8. The van der Waals surface area contributed by atoms with Crippen LogP contribution in [0.25, 0.3) is 0 Å². The molecule has 1 aromatic carbocycles. The van der Waals surface area contributed by atoms with Gasteiger partial charge in [0, 0.05) is 12.1 Å². The van der Waals surface area contributed by atoms with Crippen molar-refractivity contribution in [3.8, 4) is 5.75 Å². The van der Waals surface area contributed by atoms with Crippen LogP contribution in [-0.4, -0.2) is 16.6 Å². The van der Waals surface area contributed by atoms with Crippen LogP contribution in [0, 0.1) is 10.1 Å². The number of hydrogen-bond donors (Lipinski definition) is 3. The molecule has 6 nitrogen and oxygen atoms in total. The van der Waals surface area contributed by atoms with E-state index < -0.39 is 11.0 Å². The number of halogens is 1. The third kappa shape index (κ3) is 4.18. The summed E-state index contributed by atoms with van der Waals surface area (Å²) < 4.78 is 0. The SMILES string of the molecule is Cl.NCCC[C@H](N)c1cc(O)ccc1[N+](=O)[O-]. The van der Waals surface area contributed by atoms with Crippen LogP contribution >= 0.6 is 12.4 Å². The molecule has 0 aliphatic heterocycles. The predicted octanol–water partition coefficient (Wildman–Crippen LogP) is 1.46. The van der Waals surface area contributed by atoms with Gasteiger partial charge in [-0.05, 0) is 31.5 Å². The van der Waals surface area contributed by atoms with Crippen molar-refractivity contribution >= 4 is 18.1 Å².